The van der Waals surface area contributed by atoms with Crippen molar-refractivity contribution in [3.05, 3.63) is 0 Å². The molecule has 5 heteroatoms. The van der Waals surface area contributed by atoms with Crippen molar-refractivity contribution in [1.29, 1.82) is 0 Å². The molecule has 0 aliphatic carbocycles. The standard InChI is InChI=1S/C15H29NO4/c1-4-5-6-7-8-9-15(18)12(19-3)11(2)10-20-13(15)14(16)17/h11-13,18H,4-10H2,1-3H3,(H2,16,17)/t11-,12-,13-,15+/m0/s1. The van der Waals surface area contributed by atoms with Gasteiger partial charge in [0.2, 0.25) is 5.91 Å². The van der Waals surface area contributed by atoms with Crippen molar-refractivity contribution in [2.45, 2.75) is 70.2 Å². The highest BCUT2D eigenvalue weighted by Gasteiger charge is 2.52. The molecular formula is C15H29NO4. The molecule has 4 atom stereocenters. The van der Waals surface area contributed by atoms with Gasteiger partial charge >= 0.3 is 0 Å². The Bertz CT molecular complexity index is 310. The molecule has 0 aromatic rings. The molecule has 0 spiro atoms. The van der Waals surface area contributed by atoms with Crippen molar-refractivity contribution in [2.24, 2.45) is 11.7 Å². The van der Waals surface area contributed by atoms with Gasteiger partial charge in [-0.3, -0.25) is 4.79 Å². The van der Waals surface area contributed by atoms with Gasteiger partial charge in [-0.1, -0.05) is 46.0 Å². The Hall–Kier alpha value is -0.650. The van der Waals surface area contributed by atoms with Crippen molar-refractivity contribution in [2.75, 3.05) is 13.7 Å². The Balaban J connectivity index is 2.71. The zero-order valence-electron chi connectivity index (χ0n) is 12.9. The topological polar surface area (TPSA) is 81.8 Å². The summed E-state index contributed by atoms with van der Waals surface area (Å²) in [5.74, 6) is -0.578. The van der Waals surface area contributed by atoms with Crippen LogP contribution in [0.3, 0.4) is 0 Å². The SMILES string of the molecule is CCCCCCC[C@]1(O)[C@H](C(N)=O)OC[C@H](C)[C@@H]1OC. The van der Waals surface area contributed by atoms with E-state index in [1.165, 1.54) is 12.8 Å². The first-order chi connectivity index (χ1) is 9.47. The molecule has 1 fully saturated rings. The van der Waals surface area contributed by atoms with Gasteiger partial charge in [0.15, 0.2) is 6.10 Å². The van der Waals surface area contributed by atoms with Crippen LogP contribution in [0, 0.1) is 5.92 Å². The van der Waals surface area contributed by atoms with Crippen LogP contribution >= 0.6 is 0 Å². The number of carbonyl (C=O) groups excluding carboxylic acids is 1. The second-order valence-corrected chi connectivity index (χ2v) is 5.90. The molecule has 5 nitrogen and oxygen atoms in total. The molecule has 0 radical (unpaired) electrons. The van der Waals surface area contributed by atoms with Crippen LogP contribution in [0.4, 0.5) is 0 Å². The van der Waals surface area contributed by atoms with Gasteiger partial charge in [0, 0.05) is 13.0 Å². The average molecular weight is 287 g/mol. The molecule has 0 aromatic carbocycles. The summed E-state index contributed by atoms with van der Waals surface area (Å²) in [5, 5.41) is 10.9. The number of nitrogens with two attached hydrogens (primary N) is 1. The fraction of sp³-hybridized carbons (Fsp3) is 0.933. The van der Waals surface area contributed by atoms with E-state index in [1.54, 1.807) is 7.11 Å². The molecule has 0 unspecified atom stereocenters. The number of ether oxygens (including phenoxy) is 2. The van der Waals surface area contributed by atoms with Crippen molar-refractivity contribution >= 4 is 5.91 Å². The minimum Gasteiger partial charge on any atom is -0.384 e. The van der Waals surface area contributed by atoms with Crippen LogP contribution in [0.2, 0.25) is 0 Å². The zero-order chi connectivity index (χ0) is 15.2. The molecule has 1 heterocycles. The fourth-order valence-corrected chi connectivity index (χ4v) is 3.17. The summed E-state index contributed by atoms with van der Waals surface area (Å²) in [6, 6.07) is 0. The smallest absolute Gasteiger partial charge is 0.249 e. The van der Waals surface area contributed by atoms with E-state index in [1.807, 2.05) is 6.92 Å². The highest BCUT2D eigenvalue weighted by molar-refractivity contribution is 5.80. The average Bonchev–Trinajstić information content (AvgIpc) is 2.38. The van der Waals surface area contributed by atoms with Gasteiger partial charge in [0.05, 0.1) is 12.7 Å². The predicted molar refractivity (Wildman–Crippen MR) is 77.2 cm³/mol. The van der Waals surface area contributed by atoms with Crippen LogP contribution in [-0.2, 0) is 14.3 Å². The van der Waals surface area contributed by atoms with Crippen molar-refractivity contribution < 1.29 is 19.4 Å². The summed E-state index contributed by atoms with van der Waals surface area (Å²) >= 11 is 0. The Morgan fingerprint density at radius 1 is 1.40 bits per heavy atom. The van der Waals surface area contributed by atoms with Crippen LogP contribution in [0.15, 0.2) is 0 Å². The van der Waals surface area contributed by atoms with Gasteiger partial charge in [-0.25, -0.2) is 0 Å². The third-order valence-electron chi connectivity index (χ3n) is 4.18. The fourth-order valence-electron chi connectivity index (χ4n) is 3.17. The molecule has 0 bridgehead atoms. The largest absolute Gasteiger partial charge is 0.384 e. The van der Waals surface area contributed by atoms with Crippen LogP contribution < -0.4 is 5.73 Å². The maximum absolute atomic E-state index is 11.6. The van der Waals surface area contributed by atoms with E-state index in [0.717, 1.165) is 19.3 Å². The Morgan fingerprint density at radius 3 is 2.60 bits per heavy atom. The molecule has 1 amide bonds. The molecule has 0 saturated carbocycles. The van der Waals surface area contributed by atoms with Gasteiger partial charge in [0.25, 0.3) is 0 Å². The number of rotatable bonds is 8. The first-order valence-electron chi connectivity index (χ1n) is 7.63. The van der Waals surface area contributed by atoms with Gasteiger partial charge in [-0.15, -0.1) is 0 Å². The van der Waals surface area contributed by atoms with Gasteiger partial charge < -0.3 is 20.3 Å². The molecule has 1 aliphatic heterocycles. The number of hydrogen-bond donors (Lipinski definition) is 2. The molecule has 1 rings (SSSR count). The maximum Gasteiger partial charge on any atom is 0.249 e. The van der Waals surface area contributed by atoms with E-state index in [4.69, 9.17) is 15.2 Å². The quantitative estimate of drug-likeness (QED) is 0.665. The van der Waals surface area contributed by atoms with E-state index >= 15 is 0 Å². The molecule has 1 aliphatic rings. The van der Waals surface area contributed by atoms with E-state index < -0.39 is 23.7 Å². The number of hydrogen-bond acceptors (Lipinski definition) is 4. The summed E-state index contributed by atoms with van der Waals surface area (Å²) in [7, 11) is 1.56. The van der Waals surface area contributed by atoms with Crippen molar-refractivity contribution in [1.82, 2.24) is 0 Å². The van der Waals surface area contributed by atoms with Crippen molar-refractivity contribution in [3.8, 4) is 0 Å². The first-order valence-corrected chi connectivity index (χ1v) is 7.63. The van der Waals surface area contributed by atoms with E-state index in [9.17, 15) is 9.90 Å². The predicted octanol–water partition coefficient (Wildman–Crippen LogP) is 1.61. The highest BCUT2D eigenvalue weighted by Crippen LogP contribution is 2.35. The van der Waals surface area contributed by atoms with Gasteiger partial charge in [-0.2, -0.15) is 0 Å². The second-order valence-electron chi connectivity index (χ2n) is 5.90. The summed E-state index contributed by atoms with van der Waals surface area (Å²) in [6.45, 7) is 4.49. The summed E-state index contributed by atoms with van der Waals surface area (Å²) < 4.78 is 10.9. The Kier molecular flexibility index (Phi) is 6.92. The highest BCUT2D eigenvalue weighted by atomic mass is 16.5. The number of primary amides is 1. The number of amides is 1. The third kappa shape index (κ3) is 3.93. The Morgan fingerprint density at radius 2 is 2.05 bits per heavy atom. The molecule has 1 saturated heterocycles. The minimum atomic E-state index is -1.32. The van der Waals surface area contributed by atoms with Crippen LogP contribution in [0.5, 0.6) is 0 Å². The van der Waals surface area contributed by atoms with E-state index in [2.05, 4.69) is 6.92 Å². The third-order valence-corrected chi connectivity index (χ3v) is 4.18. The lowest BCUT2D eigenvalue weighted by molar-refractivity contribution is -0.230. The minimum absolute atomic E-state index is 0.0382. The number of carbonyl (C=O) groups is 1. The monoisotopic (exact) mass is 287 g/mol. The van der Waals surface area contributed by atoms with Crippen LogP contribution in [0.25, 0.3) is 0 Å². The normalized spacial score (nSPS) is 34.1. The Labute approximate surface area is 121 Å². The van der Waals surface area contributed by atoms with Crippen molar-refractivity contribution in [3.63, 3.8) is 0 Å². The lowest BCUT2D eigenvalue weighted by Crippen LogP contribution is -2.64. The van der Waals surface area contributed by atoms with Gasteiger partial charge in [0.1, 0.15) is 5.60 Å². The van der Waals surface area contributed by atoms with E-state index in [0.29, 0.717) is 13.0 Å². The molecule has 3 N–H and O–H groups in total. The maximum atomic E-state index is 11.6. The first kappa shape index (κ1) is 17.4. The second kappa shape index (κ2) is 7.96. The summed E-state index contributed by atoms with van der Waals surface area (Å²) in [4.78, 5) is 11.6. The summed E-state index contributed by atoms with van der Waals surface area (Å²) in [6.07, 6.45) is 4.47. The van der Waals surface area contributed by atoms with Gasteiger partial charge in [-0.05, 0) is 6.42 Å². The number of unbranched alkanes of at least 4 members (excludes halogenated alkanes) is 4. The lowest BCUT2D eigenvalue weighted by atomic mass is 9.77. The lowest BCUT2D eigenvalue weighted by Gasteiger charge is -2.46. The summed E-state index contributed by atoms with van der Waals surface area (Å²) in [5.41, 5.74) is 4.06. The molecule has 20 heavy (non-hydrogen) atoms. The molecular weight excluding hydrogens is 258 g/mol. The zero-order valence-corrected chi connectivity index (χ0v) is 12.9. The van der Waals surface area contributed by atoms with Crippen LogP contribution in [0.1, 0.15) is 52.4 Å². The molecule has 0 aromatic heterocycles. The number of aliphatic hydroxyl groups is 1. The van der Waals surface area contributed by atoms with E-state index in [-0.39, 0.29) is 5.92 Å². The molecule has 118 valence electrons. The van der Waals surface area contributed by atoms with Crippen LogP contribution in [-0.4, -0.2) is 42.5 Å². The number of methoxy groups -OCH3 is 1.